The van der Waals surface area contributed by atoms with Crippen LogP contribution in [0.15, 0.2) is 53.1 Å². The number of aromatic nitrogens is 2. The second-order valence-corrected chi connectivity index (χ2v) is 7.22. The number of pyridine rings is 1. The first-order valence-corrected chi connectivity index (χ1v) is 9.14. The van der Waals surface area contributed by atoms with Gasteiger partial charge >= 0.3 is 5.97 Å². The predicted molar refractivity (Wildman–Crippen MR) is 100 cm³/mol. The number of halogens is 1. The molecule has 0 spiro atoms. The van der Waals surface area contributed by atoms with Crippen molar-refractivity contribution >= 4 is 48.8 Å². The Hall–Kier alpha value is -2.38. The van der Waals surface area contributed by atoms with Crippen molar-refractivity contribution in [2.75, 3.05) is 7.11 Å². The van der Waals surface area contributed by atoms with Crippen LogP contribution in [0.5, 0.6) is 5.88 Å². The number of hydrogen-bond donors (Lipinski definition) is 0. The molecule has 0 unspecified atom stereocenters. The standard InChI is InChI=1S/C18H13BrN2O3S/c1-23-18(22)17-16(19)15-12-9-14(20-21(12)8-7-13(15)25-17)24-10-11-5-3-2-4-6-11/h2-9H,10H2,1H3. The molecular formula is C18H13BrN2O3S. The quantitative estimate of drug-likeness (QED) is 0.453. The number of ether oxygens (including phenoxy) is 2. The van der Waals surface area contributed by atoms with Crippen LogP contribution >= 0.6 is 27.3 Å². The van der Waals surface area contributed by atoms with Crippen LogP contribution in [0.1, 0.15) is 15.2 Å². The lowest BCUT2D eigenvalue weighted by Gasteiger charge is -2.01. The predicted octanol–water partition coefficient (Wildman–Crippen LogP) is 4.68. The molecule has 0 aliphatic carbocycles. The van der Waals surface area contributed by atoms with Crippen LogP contribution in [-0.2, 0) is 11.3 Å². The Morgan fingerprint density at radius 1 is 1.28 bits per heavy atom. The van der Waals surface area contributed by atoms with E-state index in [1.165, 1.54) is 18.4 Å². The van der Waals surface area contributed by atoms with E-state index in [-0.39, 0.29) is 5.97 Å². The number of carbonyl (C=O) groups is 1. The molecule has 3 aromatic heterocycles. The van der Waals surface area contributed by atoms with Crippen molar-refractivity contribution in [3.05, 3.63) is 63.6 Å². The maximum atomic E-state index is 11.9. The second kappa shape index (κ2) is 6.50. The zero-order valence-electron chi connectivity index (χ0n) is 13.2. The van der Waals surface area contributed by atoms with Crippen molar-refractivity contribution < 1.29 is 14.3 Å². The van der Waals surface area contributed by atoms with Gasteiger partial charge in [0.2, 0.25) is 5.88 Å². The molecule has 4 rings (SSSR count). The normalized spacial score (nSPS) is 11.1. The zero-order chi connectivity index (χ0) is 17.4. The summed E-state index contributed by atoms with van der Waals surface area (Å²) in [6.07, 6.45) is 1.86. The number of thiophene rings is 1. The molecule has 126 valence electrons. The van der Waals surface area contributed by atoms with E-state index >= 15 is 0 Å². The Kier molecular flexibility index (Phi) is 4.19. The van der Waals surface area contributed by atoms with E-state index in [0.717, 1.165) is 25.6 Å². The topological polar surface area (TPSA) is 52.8 Å². The van der Waals surface area contributed by atoms with Crippen LogP contribution in [0.25, 0.3) is 15.6 Å². The Balaban J connectivity index is 1.73. The van der Waals surface area contributed by atoms with Gasteiger partial charge in [-0.15, -0.1) is 16.4 Å². The summed E-state index contributed by atoms with van der Waals surface area (Å²) in [6.45, 7) is 0.450. The van der Waals surface area contributed by atoms with E-state index in [2.05, 4.69) is 21.0 Å². The summed E-state index contributed by atoms with van der Waals surface area (Å²) in [6, 6.07) is 13.7. The zero-order valence-corrected chi connectivity index (χ0v) is 15.6. The van der Waals surface area contributed by atoms with Crippen LogP contribution in [0, 0.1) is 0 Å². The SMILES string of the molecule is COC(=O)c1sc2ccn3nc(OCc4ccccc4)cc3c2c1Br. The van der Waals surface area contributed by atoms with E-state index in [1.54, 1.807) is 4.52 Å². The van der Waals surface area contributed by atoms with Gasteiger partial charge in [0, 0.05) is 22.3 Å². The van der Waals surface area contributed by atoms with Crippen LogP contribution in [0.3, 0.4) is 0 Å². The van der Waals surface area contributed by atoms with Gasteiger partial charge in [-0.1, -0.05) is 30.3 Å². The van der Waals surface area contributed by atoms with E-state index in [4.69, 9.17) is 9.47 Å². The van der Waals surface area contributed by atoms with Gasteiger partial charge in [0.05, 0.1) is 17.1 Å². The smallest absolute Gasteiger partial charge is 0.349 e. The number of nitrogens with zero attached hydrogens (tertiary/aromatic N) is 2. The number of fused-ring (bicyclic) bond motifs is 3. The number of esters is 1. The molecule has 0 atom stereocenters. The number of methoxy groups -OCH3 is 1. The highest BCUT2D eigenvalue weighted by molar-refractivity contribution is 9.10. The lowest BCUT2D eigenvalue weighted by Crippen LogP contribution is -1.98. The minimum absolute atomic E-state index is 0.355. The van der Waals surface area contributed by atoms with Crippen molar-refractivity contribution in [1.82, 2.24) is 9.61 Å². The highest BCUT2D eigenvalue weighted by Crippen LogP contribution is 2.39. The maximum absolute atomic E-state index is 11.9. The van der Waals surface area contributed by atoms with Crippen LogP contribution in [-0.4, -0.2) is 22.7 Å². The monoisotopic (exact) mass is 416 g/mol. The van der Waals surface area contributed by atoms with Crippen molar-refractivity contribution in [1.29, 1.82) is 0 Å². The van der Waals surface area contributed by atoms with Gasteiger partial charge in [-0.25, -0.2) is 9.31 Å². The number of hydrogen-bond acceptors (Lipinski definition) is 5. The highest BCUT2D eigenvalue weighted by atomic mass is 79.9. The Labute approximate surface area is 155 Å². The van der Waals surface area contributed by atoms with Crippen molar-refractivity contribution in [3.8, 4) is 5.88 Å². The molecule has 3 heterocycles. The first-order valence-electron chi connectivity index (χ1n) is 7.53. The average Bonchev–Trinajstić information content (AvgIpc) is 3.20. The summed E-state index contributed by atoms with van der Waals surface area (Å²) in [7, 11) is 1.38. The molecular weight excluding hydrogens is 404 g/mol. The fraction of sp³-hybridized carbons (Fsp3) is 0.111. The van der Waals surface area contributed by atoms with Crippen LogP contribution in [0.2, 0.25) is 0 Å². The molecule has 0 bridgehead atoms. The minimum Gasteiger partial charge on any atom is -0.472 e. The Morgan fingerprint density at radius 3 is 2.84 bits per heavy atom. The third kappa shape index (κ3) is 2.89. The fourth-order valence-electron chi connectivity index (χ4n) is 2.62. The number of benzene rings is 1. The maximum Gasteiger partial charge on any atom is 0.349 e. The molecule has 4 aromatic rings. The molecule has 0 aliphatic heterocycles. The third-order valence-corrected chi connectivity index (χ3v) is 6.00. The van der Waals surface area contributed by atoms with Gasteiger partial charge in [-0.2, -0.15) is 0 Å². The van der Waals surface area contributed by atoms with E-state index in [0.29, 0.717) is 17.4 Å². The first-order chi connectivity index (χ1) is 12.2. The third-order valence-electron chi connectivity index (χ3n) is 3.81. The van der Waals surface area contributed by atoms with E-state index in [1.807, 2.05) is 48.7 Å². The summed E-state index contributed by atoms with van der Waals surface area (Å²) in [4.78, 5) is 12.5. The number of rotatable bonds is 4. The van der Waals surface area contributed by atoms with Gasteiger partial charge in [0.15, 0.2) is 0 Å². The van der Waals surface area contributed by atoms with Gasteiger partial charge in [-0.3, -0.25) is 0 Å². The molecule has 0 radical (unpaired) electrons. The largest absolute Gasteiger partial charge is 0.472 e. The van der Waals surface area contributed by atoms with Crippen LogP contribution in [0.4, 0.5) is 0 Å². The summed E-state index contributed by atoms with van der Waals surface area (Å²) in [5, 5.41) is 5.38. The fourth-order valence-corrected chi connectivity index (χ4v) is 4.59. The van der Waals surface area contributed by atoms with Crippen molar-refractivity contribution in [2.45, 2.75) is 6.61 Å². The molecule has 0 aliphatic rings. The average molecular weight is 417 g/mol. The summed E-state index contributed by atoms with van der Waals surface area (Å²) >= 11 is 4.91. The van der Waals surface area contributed by atoms with Crippen LogP contribution < -0.4 is 4.74 Å². The Bertz CT molecular complexity index is 1070. The summed E-state index contributed by atoms with van der Waals surface area (Å²) < 4.78 is 14.1. The molecule has 25 heavy (non-hydrogen) atoms. The Morgan fingerprint density at radius 2 is 2.08 bits per heavy atom. The van der Waals surface area contributed by atoms with E-state index in [9.17, 15) is 4.79 Å². The second-order valence-electron chi connectivity index (χ2n) is 5.38. The summed E-state index contributed by atoms with van der Waals surface area (Å²) in [5.74, 6) is 0.181. The molecule has 0 N–H and O–H groups in total. The molecule has 0 fully saturated rings. The van der Waals surface area contributed by atoms with Crippen molar-refractivity contribution in [2.24, 2.45) is 0 Å². The van der Waals surface area contributed by atoms with Gasteiger partial charge < -0.3 is 9.47 Å². The van der Waals surface area contributed by atoms with Gasteiger partial charge in [0.25, 0.3) is 0 Å². The lowest BCUT2D eigenvalue weighted by molar-refractivity contribution is 0.0605. The summed E-state index contributed by atoms with van der Waals surface area (Å²) in [5.41, 5.74) is 1.95. The molecule has 1 aromatic carbocycles. The molecule has 0 saturated carbocycles. The van der Waals surface area contributed by atoms with E-state index < -0.39 is 0 Å². The minimum atomic E-state index is -0.355. The van der Waals surface area contributed by atoms with Crippen molar-refractivity contribution in [3.63, 3.8) is 0 Å². The molecule has 5 nitrogen and oxygen atoms in total. The van der Waals surface area contributed by atoms with Gasteiger partial charge in [0.1, 0.15) is 11.5 Å². The molecule has 0 amide bonds. The lowest BCUT2D eigenvalue weighted by atomic mass is 10.2. The molecule has 7 heteroatoms. The number of carbonyl (C=O) groups excluding carboxylic acids is 1. The highest BCUT2D eigenvalue weighted by Gasteiger charge is 2.20. The first kappa shape index (κ1) is 16.1. The molecule has 0 saturated heterocycles. The van der Waals surface area contributed by atoms with Gasteiger partial charge in [-0.05, 0) is 27.6 Å².